The van der Waals surface area contributed by atoms with E-state index in [2.05, 4.69) is 10.3 Å². The summed E-state index contributed by atoms with van der Waals surface area (Å²) in [6, 6.07) is 0.284. The molecule has 0 unspecified atom stereocenters. The number of aromatic nitrogens is 4. The SMILES string of the molecule is Cn1c(=O)c2nc(SCC(=O)NC3CCCC3)n(C)c2n(C)c1=O. The Morgan fingerprint density at radius 1 is 1.17 bits per heavy atom. The number of hydrogen-bond acceptors (Lipinski definition) is 5. The van der Waals surface area contributed by atoms with E-state index < -0.39 is 11.2 Å². The van der Waals surface area contributed by atoms with E-state index in [4.69, 9.17) is 0 Å². The zero-order valence-electron chi connectivity index (χ0n) is 14.0. The van der Waals surface area contributed by atoms with Crippen molar-refractivity contribution in [2.24, 2.45) is 21.1 Å². The molecule has 1 aliphatic rings. The van der Waals surface area contributed by atoms with Crippen LogP contribution in [0.1, 0.15) is 25.7 Å². The Balaban J connectivity index is 1.83. The highest BCUT2D eigenvalue weighted by molar-refractivity contribution is 7.99. The first kappa shape index (κ1) is 16.8. The summed E-state index contributed by atoms with van der Waals surface area (Å²) in [6.07, 6.45) is 4.42. The Morgan fingerprint density at radius 2 is 1.83 bits per heavy atom. The van der Waals surface area contributed by atoms with Gasteiger partial charge in [-0.05, 0) is 12.8 Å². The van der Waals surface area contributed by atoms with Gasteiger partial charge in [0.15, 0.2) is 16.3 Å². The lowest BCUT2D eigenvalue weighted by Gasteiger charge is -2.11. The Hall–Kier alpha value is -2.03. The van der Waals surface area contributed by atoms with E-state index in [1.165, 1.54) is 36.2 Å². The lowest BCUT2D eigenvalue weighted by Crippen LogP contribution is -2.37. The van der Waals surface area contributed by atoms with Crippen LogP contribution in [-0.2, 0) is 25.9 Å². The number of nitrogens with one attached hydrogen (secondary N) is 1. The smallest absolute Gasteiger partial charge is 0.332 e. The molecule has 0 bridgehead atoms. The molecule has 0 radical (unpaired) electrons. The van der Waals surface area contributed by atoms with Gasteiger partial charge in [-0.3, -0.25) is 18.7 Å². The number of carbonyl (C=O) groups is 1. The van der Waals surface area contributed by atoms with Crippen molar-refractivity contribution in [2.75, 3.05) is 5.75 Å². The van der Waals surface area contributed by atoms with Crippen LogP contribution < -0.4 is 16.6 Å². The maximum atomic E-state index is 12.2. The molecule has 1 amide bonds. The Bertz CT molecular complexity index is 904. The van der Waals surface area contributed by atoms with Gasteiger partial charge in [0.05, 0.1) is 5.75 Å². The molecular formula is C15H21N5O3S. The van der Waals surface area contributed by atoms with Crippen molar-refractivity contribution < 1.29 is 4.79 Å². The quantitative estimate of drug-likeness (QED) is 0.790. The molecule has 3 rings (SSSR count). The fourth-order valence-electron chi connectivity index (χ4n) is 3.16. The van der Waals surface area contributed by atoms with Gasteiger partial charge in [0.25, 0.3) is 5.56 Å². The number of thioether (sulfide) groups is 1. The van der Waals surface area contributed by atoms with Crippen molar-refractivity contribution in [1.82, 2.24) is 24.0 Å². The molecular weight excluding hydrogens is 330 g/mol. The highest BCUT2D eigenvalue weighted by Gasteiger charge is 2.20. The molecule has 1 fully saturated rings. The number of carbonyl (C=O) groups excluding carboxylic acids is 1. The summed E-state index contributed by atoms with van der Waals surface area (Å²) in [5, 5.41) is 3.57. The third-order valence-corrected chi connectivity index (χ3v) is 5.51. The number of nitrogens with zero attached hydrogens (tertiary/aromatic N) is 4. The van der Waals surface area contributed by atoms with Gasteiger partial charge in [0, 0.05) is 27.2 Å². The van der Waals surface area contributed by atoms with Gasteiger partial charge in [0.2, 0.25) is 5.91 Å². The summed E-state index contributed by atoms with van der Waals surface area (Å²) in [4.78, 5) is 40.6. The minimum atomic E-state index is -0.425. The van der Waals surface area contributed by atoms with E-state index in [0.29, 0.717) is 10.8 Å². The van der Waals surface area contributed by atoms with E-state index in [1.807, 2.05) is 0 Å². The largest absolute Gasteiger partial charge is 0.353 e. The summed E-state index contributed by atoms with van der Waals surface area (Å²) < 4.78 is 4.12. The van der Waals surface area contributed by atoms with Crippen molar-refractivity contribution in [3.8, 4) is 0 Å². The highest BCUT2D eigenvalue weighted by Crippen LogP contribution is 2.21. The van der Waals surface area contributed by atoms with Gasteiger partial charge >= 0.3 is 5.69 Å². The lowest BCUT2D eigenvalue weighted by molar-refractivity contribution is -0.119. The van der Waals surface area contributed by atoms with Gasteiger partial charge in [-0.1, -0.05) is 24.6 Å². The molecule has 9 heteroatoms. The Morgan fingerprint density at radius 3 is 2.50 bits per heavy atom. The van der Waals surface area contributed by atoms with Gasteiger partial charge < -0.3 is 9.88 Å². The maximum Gasteiger partial charge on any atom is 0.332 e. The highest BCUT2D eigenvalue weighted by atomic mass is 32.2. The summed E-state index contributed by atoms with van der Waals surface area (Å²) in [5.41, 5.74) is -0.125. The molecule has 2 aromatic rings. The molecule has 130 valence electrons. The fourth-order valence-corrected chi connectivity index (χ4v) is 3.94. The minimum absolute atomic E-state index is 0.0271. The zero-order chi connectivity index (χ0) is 17.4. The number of hydrogen-bond donors (Lipinski definition) is 1. The third-order valence-electron chi connectivity index (χ3n) is 4.48. The van der Waals surface area contributed by atoms with Crippen molar-refractivity contribution in [1.29, 1.82) is 0 Å². The molecule has 0 aliphatic heterocycles. The van der Waals surface area contributed by atoms with Crippen LogP contribution in [-0.4, -0.2) is 36.4 Å². The molecule has 1 saturated carbocycles. The second-order valence-corrected chi connectivity index (χ2v) is 7.11. The average Bonchev–Trinajstić information content (AvgIpc) is 3.17. The second kappa shape index (κ2) is 6.46. The number of aryl methyl sites for hydroxylation is 2. The molecule has 2 heterocycles. The predicted molar refractivity (Wildman–Crippen MR) is 92.3 cm³/mol. The Labute approximate surface area is 142 Å². The van der Waals surface area contributed by atoms with Crippen LogP contribution in [0.25, 0.3) is 11.2 Å². The third kappa shape index (κ3) is 2.88. The van der Waals surface area contributed by atoms with Crippen LogP contribution in [0.4, 0.5) is 0 Å². The average molecular weight is 351 g/mol. The van der Waals surface area contributed by atoms with E-state index in [9.17, 15) is 14.4 Å². The maximum absolute atomic E-state index is 12.2. The Kier molecular flexibility index (Phi) is 4.53. The lowest BCUT2D eigenvalue weighted by atomic mass is 10.2. The first-order valence-corrected chi connectivity index (χ1v) is 8.93. The number of amides is 1. The van der Waals surface area contributed by atoms with Crippen molar-refractivity contribution in [3.63, 3.8) is 0 Å². The first-order chi connectivity index (χ1) is 11.4. The van der Waals surface area contributed by atoms with Crippen LogP contribution in [0.5, 0.6) is 0 Å². The number of imidazole rings is 1. The van der Waals surface area contributed by atoms with Crippen LogP contribution >= 0.6 is 11.8 Å². The molecule has 1 N–H and O–H groups in total. The van der Waals surface area contributed by atoms with Crippen LogP contribution in [0.2, 0.25) is 0 Å². The van der Waals surface area contributed by atoms with Crippen molar-refractivity contribution in [3.05, 3.63) is 20.8 Å². The molecule has 0 spiro atoms. The van der Waals surface area contributed by atoms with E-state index in [-0.39, 0.29) is 23.2 Å². The molecule has 0 atom stereocenters. The van der Waals surface area contributed by atoms with Crippen molar-refractivity contribution in [2.45, 2.75) is 36.9 Å². The van der Waals surface area contributed by atoms with Crippen LogP contribution in [0.15, 0.2) is 14.7 Å². The van der Waals surface area contributed by atoms with Gasteiger partial charge in [-0.25, -0.2) is 9.78 Å². The van der Waals surface area contributed by atoms with Gasteiger partial charge in [-0.2, -0.15) is 0 Å². The van der Waals surface area contributed by atoms with Gasteiger partial charge in [-0.15, -0.1) is 0 Å². The summed E-state index contributed by atoms with van der Waals surface area (Å²) in [6.45, 7) is 0. The topological polar surface area (TPSA) is 90.9 Å². The monoisotopic (exact) mass is 351 g/mol. The summed E-state index contributed by atoms with van der Waals surface area (Å²) in [5.74, 6) is 0.211. The summed E-state index contributed by atoms with van der Waals surface area (Å²) in [7, 11) is 4.78. The minimum Gasteiger partial charge on any atom is -0.353 e. The molecule has 0 aromatic carbocycles. The van der Waals surface area contributed by atoms with E-state index in [1.54, 1.807) is 18.7 Å². The zero-order valence-corrected chi connectivity index (χ0v) is 14.9. The number of rotatable bonds is 4. The van der Waals surface area contributed by atoms with Crippen molar-refractivity contribution >= 4 is 28.8 Å². The standard InChI is InChI=1S/C15H21N5O3S/c1-18-12-11(13(22)20(3)15(23)19(12)2)17-14(18)24-8-10(21)16-9-6-4-5-7-9/h9H,4-8H2,1-3H3,(H,16,21). The predicted octanol–water partition coefficient (Wildman–Crippen LogP) is 0.122. The molecule has 1 aliphatic carbocycles. The van der Waals surface area contributed by atoms with Gasteiger partial charge in [0.1, 0.15) is 0 Å². The van der Waals surface area contributed by atoms with E-state index in [0.717, 1.165) is 17.4 Å². The molecule has 24 heavy (non-hydrogen) atoms. The normalized spacial score (nSPS) is 15.3. The first-order valence-electron chi connectivity index (χ1n) is 7.94. The summed E-state index contributed by atoms with van der Waals surface area (Å²) >= 11 is 1.27. The molecule has 8 nitrogen and oxygen atoms in total. The fraction of sp³-hybridized carbons (Fsp3) is 0.600. The van der Waals surface area contributed by atoms with E-state index >= 15 is 0 Å². The number of fused-ring (bicyclic) bond motifs is 1. The molecule has 2 aromatic heterocycles. The van der Waals surface area contributed by atoms with Crippen LogP contribution in [0, 0.1) is 0 Å². The van der Waals surface area contributed by atoms with Crippen LogP contribution in [0.3, 0.4) is 0 Å². The second-order valence-electron chi connectivity index (χ2n) is 6.17. The molecule has 0 saturated heterocycles.